The lowest BCUT2D eigenvalue weighted by Gasteiger charge is -2.23. The van der Waals surface area contributed by atoms with Gasteiger partial charge >= 0.3 is 0 Å². The maximum absolute atomic E-state index is 12.6. The van der Waals surface area contributed by atoms with Gasteiger partial charge < -0.3 is 20.9 Å². The molecule has 7 nitrogen and oxygen atoms in total. The van der Waals surface area contributed by atoms with Crippen molar-refractivity contribution in [3.05, 3.63) is 64.7 Å². The standard InChI is InChI=1S/C28H36N4O3/c1-20-17-23(27(34)31-24-7-3-2-4-8-24)13-14-25(20)29-19-26(33)30-18-21-9-11-22(12-10-21)28(35)32-15-5-6-16-32/h9-14,17,24,29H,2-8,15-16,18-19H2,1H3,(H,30,33)(H,31,34). The van der Waals surface area contributed by atoms with E-state index in [2.05, 4.69) is 16.0 Å². The van der Waals surface area contributed by atoms with Crippen molar-refractivity contribution in [2.45, 2.75) is 64.5 Å². The predicted molar refractivity (Wildman–Crippen MR) is 137 cm³/mol. The second kappa shape index (κ2) is 11.9. The van der Waals surface area contributed by atoms with Crippen LogP contribution in [0.15, 0.2) is 42.5 Å². The zero-order valence-electron chi connectivity index (χ0n) is 20.6. The molecule has 0 spiro atoms. The van der Waals surface area contributed by atoms with Crippen LogP contribution in [0.25, 0.3) is 0 Å². The zero-order valence-corrected chi connectivity index (χ0v) is 20.6. The summed E-state index contributed by atoms with van der Waals surface area (Å²) in [6.45, 7) is 4.14. The Balaban J connectivity index is 1.21. The van der Waals surface area contributed by atoms with E-state index < -0.39 is 0 Å². The summed E-state index contributed by atoms with van der Waals surface area (Å²) in [6.07, 6.45) is 7.87. The maximum atomic E-state index is 12.6. The van der Waals surface area contributed by atoms with E-state index in [1.54, 1.807) is 6.07 Å². The Morgan fingerprint density at radius 2 is 1.57 bits per heavy atom. The van der Waals surface area contributed by atoms with Crippen LogP contribution in [-0.4, -0.2) is 48.3 Å². The first kappa shape index (κ1) is 24.8. The number of amides is 3. The van der Waals surface area contributed by atoms with Crippen LogP contribution in [0.4, 0.5) is 5.69 Å². The van der Waals surface area contributed by atoms with Crippen LogP contribution in [0.5, 0.6) is 0 Å². The predicted octanol–water partition coefficient (Wildman–Crippen LogP) is 4.02. The van der Waals surface area contributed by atoms with E-state index in [0.717, 1.165) is 55.6 Å². The van der Waals surface area contributed by atoms with Gasteiger partial charge in [-0.05, 0) is 74.1 Å². The number of nitrogens with zero attached hydrogens (tertiary/aromatic N) is 1. The number of carbonyl (C=O) groups excluding carboxylic acids is 3. The molecule has 1 saturated carbocycles. The SMILES string of the molecule is Cc1cc(C(=O)NC2CCCCC2)ccc1NCC(=O)NCc1ccc(C(=O)N2CCCC2)cc1. The molecule has 1 aliphatic carbocycles. The smallest absolute Gasteiger partial charge is 0.253 e. The van der Waals surface area contributed by atoms with Gasteiger partial charge in [0.2, 0.25) is 5.91 Å². The summed E-state index contributed by atoms with van der Waals surface area (Å²) in [4.78, 5) is 39.3. The molecule has 1 saturated heterocycles. The second-order valence-corrected chi connectivity index (χ2v) is 9.66. The Labute approximate surface area is 207 Å². The van der Waals surface area contributed by atoms with Crippen molar-refractivity contribution < 1.29 is 14.4 Å². The average Bonchev–Trinajstić information content (AvgIpc) is 3.42. The number of benzene rings is 2. The largest absolute Gasteiger partial charge is 0.376 e. The molecule has 1 aliphatic heterocycles. The van der Waals surface area contributed by atoms with Gasteiger partial charge in [0.15, 0.2) is 0 Å². The van der Waals surface area contributed by atoms with Gasteiger partial charge in [0.1, 0.15) is 0 Å². The number of nitrogens with one attached hydrogen (secondary N) is 3. The number of likely N-dealkylation sites (tertiary alicyclic amines) is 1. The van der Waals surface area contributed by atoms with E-state index in [4.69, 9.17) is 0 Å². The summed E-state index contributed by atoms with van der Waals surface area (Å²) >= 11 is 0. The molecule has 1 heterocycles. The summed E-state index contributed by atoms with van der Waals surface area (Å²) in [7, 11) is 0. The molecular formula is C28H36N4O3. The summed E-state index contributed by atoms with van der Waals surface area (Å²) in [5.74, 6) is -0.0756. The molecule has 0 bridgehead atoms. The third-order valence-electron chi connectivity index (χ3n) is 6.95. The Kier molecular flexibility index (Phi) is 8.40. The third-order valence-corrected chi connectivity index (χ3v) is 6.95. The molecule has 0 atom stereocenters. The van der Waals surface area contributed by atoms with E-state index >= 15 is 0 Å². The van der Waals surface area contributed by atoms with Crippen LogP contribution in [-0.2, 0) is 11.3 Å². The Morgan fingerprint density at radius 1 is 0.886 bits per heavy atom. The highest BCUT2D eigenvalue weighted by molar-refractivity contribution is 5.95. The van der Waals surface area contributed by atoms with Gasteiger partial charge in [-0.1, -0.05) is 31.4 Å². The molecule has 2 aromatic carbocycles. The number of aryl methyl sites for hydroxylation is 1. The normalized spacial score (nSPS) is 16.1. The molecule has 0 unspecified atom stereocenters. The van der Waals surface area contributed by atoms with Crippen molar-refractivity contribution in [1.82, 2.24) is 15.5 Å². The van der Waals surface area contributed by atoms with E-state index in [1.165, 1.54) is 19.3 Å². The van der Waals surface area contributed by atoms with Crippen molar-refractivity contribution in [3.8, 4) is 0 Å². The van der Waals surface area contributed by atoms with Crippen LogP contribution >= 0.6 is 0 Å². The average molecular weight is 477 g/mol. The van der Waals surface area contributed by atoms with Crippen LogP contribution in [0.1, 0.15) is 76.8 Å². The highest BCUT2D eigenvalue weighted by Gasteiger charge is 2.19. The van der Waals surface area contributed by atoms with Gasteiger partial charge in [-0.2, -0.15) is 0 Å². The lowest BCUT2D eigenvalue weighted by atomic mass is 9.95. The molecule has 4 rings (SSSR count). The molecule has 2 fully saturated rings. The summed E-state index contributed by atoms with van der Waals surface area (Å²) in [5.41, 5.74) is 4.04. The fourth-order valence-corrected chi connectivity index (χ4v) is 4.83. The number of hydrogen-bond donors (Lipinski definition) is 3. The minimum Gasteiger partial charge on any atom is -0.376 e. The molecule has 3 N–H and O–H groups in total. The zero-order chi connectivity index (χ0) is 24.6. The van der Waals surface area contributed by atoms with Gasteiger partial charge in [0, 0.05) is 42.5 Å². The monoisotopic (exact) mass is 476 g/mol. The molecule has 35 heavy (non-hydrogen) atoms. The van der Waals surface area contributed by atoms with E-state index in [1.807, 2.05) is 48.2 Å². The number of carbonyl (C=O) groups is 3. The maximum Gasteiger partial charge on any atom is 0.253 e. The minimum absolute atomic E-state index is 0.0301. The number of anilines is 1. The topological polar surface area (TPSA) is 90.5 Å². The van der Waals surface area contributed by atoms with Gasteiger partial charge in [-0.3, -0.25) is 14.4 Å². The van der Waals surface area contributed by atoms with Crippen molar-refractivity contribution in [2.24, 2.45) is 0 Å². The molecule has 7 heteroatoms. The third kappa shape index (κ3) is 6.84. The summed E-state index contributed by atoms with van der Waals surface area (Å²) in [5, 5.41) is 9.21. The van der Waals surface area contributed by atoms with Gasteiger partial charge in [0.05, 0.1) is 6.54 Å². The first-order valence-corrected chi connectivity index (χ1v) is 12.8. The molecule has 186 valence electrons. The lowest BCUT2D eigenvalue weighted by Crippen LogP contribution is -2.36. The summed E-state index contributed by atoms with van der Waals surface area (Å²) in [6, 6.07) is 13.2. The van der Waals surface area contributed by atoms with E-state index in [9.17, 15) is 14.4 Å². The second-order valence-electron chi connectivity index (χ2n) is 9.66. The first-order chi connectivity index (χ1) is 17.0. The summed E-state index contributed by atoms with van der Waals surface area (Å²) < 4.78 is 0. The molecular weight excluding hydrogens is 440 g/mol. The Bertz CT molecular complexity index is 1040. The van der Waals surface area contributed by atoms with Crippen LogP contribution < -0.4 is 16.0 Å². The van der Waals surface area contributed by atoms with Crippen molar-refractivity contribution in [3.63, 3.8) is 0 Å². The highest BCUT2D eigenvalue weighted by Crippen LogP contribution is 2.20. The first-order valence-electron chi connectivity index (χ1n) is 12.8. The molecule has 3 amide bonds. The van der Waals surface area contributed by atoms with Crippen LogP contribution in [0, 0.1) is 6.92 Å². The Hall–Kier alpha value is -3.35. The minimum atomic E-state index is -0.124. The molecule has 0 radical (unpaired) electrons. The number of rotatable bonds is 8. The molecule has 2 aliphatic rings. The van der Waals surface area contributed by atoms with Crippen LogP contribution in [0.3, 0.4) is 0 Å². The van der Waals surface area contributed by atoms with Crippen molar-refractivity contribution >= 4 is 23.4 Å². The van der Waals surface area contributed by atoms with E-state index in [0.29, 0.717) is 17.7 Å². The van der Waals surface area contributed by atoms with Crippen molar-refractivity contribution in [2.75, 3.05) is 25.0 Å². The van der Waals surface area contributed by atoms with E-state index in [-0.39, 0.29) is 30.3 Å². The number of hydrogen-bond acceptors (Lipinski definition) is 4. The highest BCUT2D eigenvalue weighted by atomic mass is 16.2. The van der Waals surface area contributed by atoms with Gasteiger partial charge in [0.25, 0.3) is 11.8 Å². The van der Waals surface area contributed by atoms with Crippen LogP contribution in [0.2, 0.25) is 0 Å². The van der Waals surface area contributed by atoms with Gasteiger partial charge in [-0.25, -0.2) is 0 Å². The fraction of sp³-hybridized carbons (Fsp3) is 0.464. The quantitative estimate of drug-likeness (QED) is 0.537. The lowest BCUT2D eigenvalue weighted by molar-refractivity contribution is -0.119. The molecule has 0 aromatic heterocycles. The van der Waals surface area contributed by atoms with Gasteiger partial charge in [-0.15, -0.1) is 0 Å². The fourth-order valence-electron chi connectivity index (χ4n) is 4.83. The Morgan fingerprint density at radius 3 is 2.26 bits per heavy atom. The van der Waals surface area contributed by atoms with Crippen molar-refractivity contribution in [1.29, 1.82) is 0 Å². The molecule has 2 aromatic rings.